The summed E-state index contributed by atoms with van der Waals surface area (Å²) in [5, 5.41) is 0. The van der Waals surface area contributed by atoms with Gasteiger partial charge in [0.1, 0.15) is 6.61 Å². The Morgan fingerprint density at radius 3 is 2.82 bits per heavy atom. The van der Waals surface area contributed by atoms with Crippen molar-refractivity contribution in [3.8, 4) is 0 Å². The van der Waals surface area contributed by atoms with Crippen LogP contribution in [0.25, 0.3) is 0 Å². The molecular weight excluding hydrogens is 280 g/mol. The van der Waals surface area contributed by atoms with Gasteiger partial charge in [-0.2, -0.15) is 0 Å². The van der Waals surface area contributed by atoms with Crippen LogP contribution in [-0.4, -0.2) is 60.5 Å². The van der Waals surface area contributed by atoms with Crippen LogP contribution in [0.3, 0.4) is 0 Å². The lowest BCUT2D eigenvalue weighted by Crippen LogP contribution is -2.49. The first-order chi connectivity index (χ1) is 10.7. The van der Waals surface area contributed by atoms with Gasteiger partial charge in [-0.3, -0.25) is 9.59 Å². The summed E-state index contributed by atoms with van der Waals surface area (Å²) >= 11 is 0. The molecule has 0 N–H and O–H groups in total. The fourth-order valence-corrected chi connectivity index (χ4v) is 3.23. The minimum Gasteiger partial charge on any atom is -0.370 e. The molecule has 1 aromatic carbocycles. The SMILES string of the molecule is O=C1COCCN1CC(=O)N1CCCC1Cc1ccccc1. The zero-order valence-electron chi connectivity index (χ0n) is 12.7. The van der Waals surface area contributed by atoms with Gasteiger partial charge in [0.2, 0.25) is 11.8 Å². The van der Waals surface area contributed by atoms with Crippen molar-refractivity contribution in [2.75, 3.05) is 32.8 Å². The third-order valence-corrected chi connectivity index (χ3v) is 4.42. The molecule has 2 aliphatic rings. The Balaban J connectivity index is 1.60. The Morgan fingerprint density at radius 1 is 1.23 bits per heavy atom. The molecule has 2 fully saturated rings. The molecule has 2 aliphatic heterocycles. The van der Waals surface area contributed by atoms with Crippen LogP contribution in [0.4, 0.5) is 0 Å². The number of rotatable bonds is 4. The van der Waals surface area contributed by atoms with Crippen LogP contribution in [-0.2, 0) is 20.7 Å². The fraction of sp³-hybridized carbons (Fsp3) is 0.529. The summed E-state index contributed by atoms with van der Waals surface area (Å²) in [6.45, 7) is 2.12. The van der Waals surface area contributed by atoms with Gasteiger partial charge >= 0.3 is 0 Å². The molecule has 5 heteroatoms. The van der Waals surface area contributed by atoms with Crippen molar-refractivity contribution in [1.82, 2.24) is 9.80 Å². The molecule has 0 saturated carbocycles. The highest BCUT2D eigenvalue weighted by atomic mass is 16.5. The van der Waals surface area contributed by atoms with Crippen molar-refractivity contribution in [3.05, 3.63) is 35.9 Å². The van der Waals surface area contributed by atoms with Gasteiger partial charge < -0.3 is 14.5 Å². The average molecular weight is 302 g/mol. The Bertz CT molecular complexity index is 532. The lowest BCUT2D eigenvalue weighted by Gasteiger charge is -2.30. The Hall–Kier alpha value is -1.88. The molecule has 2 amide bonds. The standard InChI is InChI=1S/C17H22N2O3/c20-16(12-18-9-10-22-13-17(18)21)19-8-4-7-15(19)11-14-5-2-1-3-6-14/h1-3,5-6,15H,4,7-13H2. The van der Waals surface area contributed by atoms with Crippen molar-refractivity contribution < 1.29 is 14.3 Å². The zero-order chi connectivity index (χ0) is 15.4. The van der Waals surface area contributed by atoms with E-state index in [0.717, 1.165) is 25.8 Å². The number of carbonyl (C=O) groups is 2. The number of benzene rings is 1. The van der Waals surface area contributed by atoms with E-state index in [1.54, 1.807) is 4.90 Å². The van der Waals surface area contributed by atoms with Gasteiger partial charge in [0.05, 0.1) is 13.2 Å². The van der Waals surface area contributed by atoms with Gasteiger partial charge in [0, 0.05) is 19.1 Å². The molecule has 0 radical (unpaired) electrons. The van der Waals surface area contributed by atoms with Crippen molar-refractivity contribution in [3.63, 3.8) is 0 Å². The normalized spacial score (nSPS) is 22.2. The number of nitrogens with zero attached hydrogens (tertiary/aromatic N) is 2. The molecule has 0 aromatic heterocycles. The molecule has 0 bridgehead atoms. The van der Waals surface area contributed by atoms with Crippen LogP contribution in [0.2, 0.25) is 0 Å². The highest BCUT2D eigenvalue weighted by molar-refractivity contribution is 5.86. The summed E-state index contributed by atoms with van der Waals surface area (Å²) in [6.07, 6.45) is 2.97. The van der Waals surface area contributed by atoms with Crippen molar-refractivity contribution in [1.29, 1.82) is 0 Å². The van der Waals surface area contributed by atoms with Crippen LogP contribution in [0.15, 0.2) is 30.3 Å². The monoisotopic (exact) mass is 302 g/mol. The predicted molar refractivity (Wildman–Crippen MR) is 82.3 cm³/mol. The zero-order valence-corrected chi connectivity index (χ0v) is 12.7. The van der Waals surface area contributed by atoms with Gasteiger partial charge in [-0.05, 0) is 24.8 Å². The number of carbonyl (C=O) groups excluding carboxylic acids is 2. The maximum atomic E-state index is 12.6. The predicted octanol–water partition coefficient (Wildman–Crippen LogP) is 1.08. The molecule has 118 valence electrons. The molecule has 5 nitrogen and oxygen atoms in total. The first kappa shape index (κ1) is 15.0. The van der Waals surface area contributed by atoms with Gasteiger partial charge in [0.15, 0.2) is 0 Å². The number of likely N-dealkylation sites (tertiary alicyclic amines) is 1. The summed E-state index contributed by atoms with van der Waals surface area (Å²) in [5.41, 5.74) is 1.26. The third-order valence-electron chi connectivity index (χ3n) is 4.42. The number of morpholine rings is 1. The first-order valence-electron chi connectivity index (χ1n) is 7.93. The average Bonchev–Trinajstić information content (AvgIpc) is 2.99. The van der Waals surface area contributed by atoms with Gasteiger partial charge in [-0.25, -0.2) is 0 Å². The molecule has 1 unspecified atom stereocenters. The van der Waals surface area contributed by atoms with Crippen LogP contribution >= 0.6 is 0 Å². The van der Waals surface area contributed by atoms with E-state index >= 15 is 0 Å². The lowest BCUT2D eigenvalue weighted by atomic mass is 10.0. The van der Waals surface area contributed by atoms with Crippen molar-refractivity contribution in [2.45, 2.75) is 25.3 Å². The smallest absolute Gasteiger partial charge is 0.249 e. The molecular formula is C17H22N2O3. The Labute approximate surface area is 130 Å². The first-order valence-corrected chi connectivity index (χ1v) is 7.93. The summed E-state index contributed by atoms with van der Waals surface area (Å²) in [4.78, 5) is 27.9. The van der Waals surface area contributed by atoms with E-state index in [0.29, 0.717) is 13.2 Å². The molecule has 1 atom stereocenters. The van der Waals surface area contributed by atoms with Gasteiger partial charge in [-0.15, -0.1) is 0 Å². The molecule has 0 spiro atoms. The van der Waals surface area contributed by atoms with Crippen LogP contribution in [0.5, 0.6) is 0 Å². The van der Waals surface area contributed by atoms with E-state index in [1.165, 1.54) is 5.56 Å². The second-order valence-corrected chi connectivity index (χ2v) is 5.94. The van der Waals surface area contributed by atoms with Crippen LogP contribution in [0, 0.1) is 0 Å². The molecule has 22 heavy (non-hydrogen) atoms. The Morgan fingerprint density at radius 2 is 2.05 bits per heavy atom. The lowest BCUT2D eigenvalue weighted by molar-refractivity contribution is -0.148. The van der Waals surface area contributed by atoms with Crippen molar-refractivity contribution >= 4 is 11.8 Å². The minimum absolute atomic E-state index is 0.0636. The summed E-state index contributed by atoms with van der Waals surface area (Å²) in [6, 6.07) is 10.5. The fourth-order valence-electron chi connectivity index (χ4n) is 3.23. The summed E-state index contributed by atoms with van der Waals surface area (Å²) in [5.74, 6) is -0.0212. The van der Waals surface area contributed by atoms with Gasteiger partial charge in [-0.1, -0.05) is 30.3 Å². The van der Waals surface area contributed by atoms with E-state index in [1.807, 2.05) is 23.1 Å². The number of hydrogen-bond donors (Lipinski definition) is 0. The quantitative estimate of drug-likeness (QED) is 0.836. The second-order valence-electron chi connectivity index (χ2n) is 5.94. The van der Waals surface area contributed by atoms with E-state index in [-0.39, 0.29) is 31.0 Å². The number of ether oxygens (including phenoxy) is 1. The van der Waals surface area contributed by atoms with E-state index in [9.17, 15) is 9.59 Å². The van der Waals surface area contributed by atoms with E-state index < -0.39 is 0 Å². The highest BCUT2D eigenvalue weighted by Gasteiger charge is 2.31. The maximum Gasteiger partial charge on any atom is 0.249 e. The molecule has 2 heterocycles. The molecule has 3 rings (SSSR count). The van der Waals surface area contributed by atoms with Crippen LogP contribution in [0.1, 0.15) is 18.4 Å². The number of hydrogen-bond acceptors (Lipinski definition) is 3. The maximum absolute atomic E-state index is 12.6. The molecule has 2 saturated heterocycles. The van der Waals surface area contributed by atoms with E-state index in [4.69, 9.17) is 4.74 Å². The van der Waals surface area contributed by atoms with Crippen molar-refractivity contribution in [2.24, 2.45) is 0 Å². The topological polar surface area (TPSA) is 49.9 Å². The number of amides is 2. The minimum atomic E-state index is -0.0848. The Kier molecular flexibility index (Phi) is 4.73. The summed E-state index contributed by atoms with van der Waals surface area (Å²) in [7, 11) is 0. The largest absolute Gasteiger partial charge is 0.370 e. The third kappa shape index (κ3) is 3.47. The second kappa shape index (κ2) is 6.92. The molecule has 1 aromatic rings. The van der Waals surface area contributed by atoms with E-state index in [2.05, 4.69) is 12.1 Å². The summed E-state index contributed by atoms with van der Waals surface area (Å²) < 4.78 is 5.10. The van der Waals surface area contributed by atoms with Crippen LogP contribution < -0.4 is 0 Å². The van der Waals surface area contributed by atoms with Gasteiger partial charge in [0.25, 0.3) is 0 Å². The highest BCUT2D eigenvalue weighted by Crippen LogP contribution is 2.21. The molecule has 0 aliphatic carbocycles.